The summed E-state index contributed by atoms with van der Waals surface area (Å²) in [6.45, 7) is 5.27. The second-order valence-electron chi connectivity index (χ2n) is 2.17. The first kappa shape index (κ1) is 6.46. The van der Waals surface area contributed by atoms with E-state index in [0.717, 1.165) is 26.1 Å². The molecule has 0 aromatic heterocycles. The van der Waals surface area contributed by atoms with Crippen LogP contribution < -0.4 is 0 Å². The van der Waals surface area contributed by atoms with Gasteiger partial charge in [-0.2, -0.15) is 0 Å². The van der Waals surface area contributed by atoms with Gasteiger partial charge in [-0.3, -0.25) is 4.99 Å². The highest BCUT2D eigenvalue weighted by Gasteiger charge is 2.02. The van der Waals surface area contributed by atoms with Crippen LogP contribution in [0, 0.1) is 0 Å². The third-order valence-corrected chi connectivity index (χ3v) is 1.56. The molecule has 0 amide bonds. The minimum atomic E-state index is 0.963. The van der Waals surface area contributed by atoms with Gasteiger partial charge in [-0.1, -0.05) is 0 Å². The van der Waals surface area contributed by atoms with Crippen LogP contribution in [0.15, 0.2) is 4.99 Å². The lowest BCUT2D eigenvalue weighted by Crippen LogP contribution is -2.15. The van der Waals surface area contributed by atoms with Crippen LogP contribution in [0.25, 0.3) is 0 Å². The van der Waals surface area contributed by atoms with Gasteiger partial charge >= 0.3 is 0 Å². The van der Waals surface area contributed by atoms with E-state index in [1.165, 1.54) is 0 Å². The number of nitrogens with zero attached hydrogens (tertiary/aromatic N) is 2. The molecule has 0 spiro atoms. The average molecular weight is 125 g/mol. The Morgan fingerprint density at radius 3 is 3.22 bits per heavy atom. The quantitative estimate of drug-likeness (QED) is 0.420. The second-order valence-corrected chi connectivity index (χ2v) is 2.17. The summed E-state index contributed by atoms with van der Waals surface area (Å²) in [4.78, 5) is 4.18. The summed E-state index contributed by atoms with van der Waals surface area (Å²) in [6.07, 6.45) is 5.25. The molecule has 0 aromatic rings. The molecule has 0 atom stereocenters. The summed E-state index contributed by atoms with van der Waals surface area (Å²) in [7, 11) is 0. The van der Waals surface area contributed by atoms with Crippen molar-refractivity contribution in [3.8, 4) is 0 Å². The molecule has 0 bridgehead atoms. The van der Waals surface area contributed by atoms with Crippen LogP contribution in [0.1, 0.15) is 13.3 Å². The van der Waals surface area contributed by atoms with E-state index in [1.54, 1.807) is 0 Å². The summed E-state index contributed by atoms with van der Waals surface area (Å²) < 4.78 is 2.30. The second kappa shape index (κ2) is 3.38. The van der Waals surface area contributed by atoms with Gasteiger partial charge in [-0.15, -0.1) is 0 Å². The Morgan fingerprint density at radius 2 is 2.44 bits per heavy atom. The van der Waals surface area contributed by atoms with E-state index >= 15 is 0 Å². The minimum absolute atomic E-state index is 0.963. The smallest absolute Gasteiger partial charge is 0.161 e. The molecule has 2 heteroatoms. The van der Waals surface area contributed by atoms with Crippen LogP contribution in [0.2, 0.25) is 0 Å². The summed E-state index contributed by atoms with van der Waals surface area (Å²) in [5.41, 5.74) is 0. The molecule has 0 N–H and O–H groups in total. The fourth-order valence-electron chi connectivity index (χ4n) is 0.962. The standard InChI is InChI=1S/C7H13N2/c1-2-9-6-3-4-8-5-7-9/h2,4H,3,5-7H2,1H3/q+1. The molecule has 0 aliphatic carbocycles. The molecule has 1 rings (SSSR count). The first-order valence-electron chi connectivity index (χ1n) is 3.45. The third kappa shape index (κ3) is 1.96. The van der Waals surface area contributed by atoms with Gasteiger partial charge < -0.3 is 0 Å². The summed E-state index contributed by atoms with van der Waals surface area (Å²) in [5, 5.41) is 0. The van der Waals surface area contributed by atoms with E-state index in [2.05, 4.69) is 22.7 Å². The predicted molar refractivity (Wildman–Crippen MR) is 39.7 cm³/mol. The zero-order valence-electron chi connectivity index (χ0n) is 5.88. The first-order chi connectivity index (χ1) is 4.43. The van der Waals surface area contributed by atoms with Gasteiger partial charge in [-0.25, -0.2) is 4.58 Å². The van der Waals surface area contributed by atoms with Crippen LogP contribution in [-0.4, -0.2) is 36.6 Å². The van der Waals surface area contributed by atoms with Crippen molar-refractivity contribution in [2.24, 2.45) is 4.99 Å². The molecule has 1 aliphatic rings. The van der Waals surface area contributed by atoms with Crippen molar-refractivity contribution in [1.29, 1.82) is 0 Å². The van der Waals surface area contributed by atoms with E-state index in [0.29, 0.717) is 0 Å². The van der Waals surface area contributed by atoms with Gasteiger partial charge in [0.25, 0.3) is 0 Å². The molecule has 0 fully saturated rings. The molecule has 9 heavy (non-hydrogen) atoms. The molecule has 0 saturated carbocycles. The average Bonchev–Trinajstić information content (AvgIpc) is 2.13. The third-order valence-electron chi connectivity index (χ3n) is 1.56. The molecular formula is C7H13N2+. The fourth-order valence-corrected chi connectivity index (χ4v) is 0.962. The molecule has 50 valence electrons. The lowest BCUT2D eigenvalue weighted by Gasteiger charge is -1.93. The van der Waals surface area contributed by atoms with Crippen molar-refractivity contribution < 1.29 is 4.58 Å². The monoisotopic (exact) mass is 125 g/mol. The Kier molecular flexibility index (Phi) is 2.43. The van der Waals surface area contributed by atoms with Gasteiger partial charge in [-0.05, 0) is 0 Å². The topological polar surface area (TPSA) is 15.4 Å². The Balaban J connectivity index is 2.44. The maximum Gasteiger partial charge on any atom is 0.161 e. The van der Waals surface area contributed by atoms with Crippen LogP contribution in [0.3, 0.4) is 0 Å². The highest BCUT2D eigenvalue weighted by molar-refractivity contribution is 5.57. The molecule has 0 unspecified atom stereocenters. The number of hydrogen-bond donors (Lipinski definition) is 0. The Labute approximate surface area is 55.9 Å². The number of hydrogen-bond acceptors (Lipinski definition) is 1. The van der Waals surface area contributed by atoms with Gasteiger partial charge in [0.15, 0.2) is 6.54 Å². The summed E-state index contributed by atoms with van der Waals surface area (Å²) in [5.74, 6) is 0. The lowest BCUT2D eigenvalue weighted by atomic mass is 10.4. The highest BCUT2D eigenvalue weighted by atomic mass is 15.0. The lowest BCUT2D eigenvalue weighted by molar-refractivity contribution is -0.518. The molecular weight excluding hydrogens is 112 g/mol. The van der Waals surface area contributed by atoms with Crippen LogP contribution in [0.4, 0.5) is 0 Å². The van der Waals surface area contributed by atoms with Crippen molar-refractivity contribution in [3.63, 3.8) is 0 Å². The van der Waals surface area contributed by atoms with Crippen LogP contribution >= 0.6 is 0 Å². The molecule has 1 heterocycles. The molecule has 0 saturated heterocycles. The van der Waals surface area contributed by atoms with E-state index in [4.69, 9.17) is 0 Å². The number of rotatable bonds is 0. The molecule has 1 aliphatic heterocycles. The van der Waals surface area contributed by atoms with Gasteiger partial charge in [0.05, 0.1) is 6.54 Å². The Morgan fingerprint density at radius 1 is 1.56 bits per heavy atom. The summed E-state index contributed by atoms with van der Waals surface area (Å²) in [6, 6.07) is 0. The van der Waals surface area contributed by atoms with E-state index in [1.807, 2.05) is 6.21 Å². The van der Waals surface area contributed by atoms with E-state index < -0.39 is 0 Å². The van der Waals surface area contributed by atoms with Crippen molar-refractivity contribution in [2.75, 3.05) is 19.6 Å². The van der Waals surface area contributed by atoms with E-state index in [9.17, 15) is 0 Å². The first-order valence-corrected chi connectivity index (χ1v) is 3.45. The zero-order chi connectivity index (χ0) is 6.53. The Hall–Kier alpha value is -0.660. The highest BCUT2D eigenvalue weighted by Crippen LogP contribution is 1.86. The maximum atomic E-state index is 4.18. The molecule has 2 nitrogen and oxygen atoms in total. The normalized spacial score (nSPS) is 24.3. The van der Waals surface area contributed by atoms with Gasteiger partial charge in [0.1, 0.15) is 12.8 Å². The fraction of sp³-hybridized carbons (Fsp3) is 0.714. The van der Waals surface area contributed by atoms with Crippen molar-refractivity contribution in [3.05, 3.63) is 0 Å². The largest absolute Gasteiger partial charge is 0.291 e. The van der Waals surface area contributed by atoms with E-state index in [-0.39, 0.29) is 0 Å². The zero-order valence-corrected chi connectivity index (χ0v) is 5.88. The van der Waals surface area contributed by atoms with Gasteiger partial charge in [0, 0.05) is 19.6 Å². The van der Waals surface area contributed by atoms with Crippen molar-refractivity contribution in [1.82, 2.24) is 0 Å². The number of aliphatic imine (C=N–C) groups is 1. The molecule has 0 radical (unpaired) electrons. The van der Waals surface area contributed by atoms with Crippen molar-refractivity contribution >= 4 is 12.4 Å². The Bertz CT molecular complexity index is 124. The summed E-state index contributed by atoms with van der Waals surface area (Å²) >= 11 is 0. The van der Waals surface area contributed by atoms with Crippen LogP contribution in [0.5, 0.6) is 0 Å². The predicted octanol–water partition coefficient (Wildman–Crippen LogP) is 0.564. The van der Waals surface area contributed by atoms with Crippen LogP contribution in [-0.2, 0) is 0 Å². The molecule has 0 aromatic carbocycles. The minimum Gasteiger partial charge on any atom is -0.291 e. The SMILES string of the molecule is CC=[N+]1CCC=NCC1. The maximum absolute atomic E-state index is 4.18. The van der Waals surface area contributed by atoms with Crippen molar-refractivity contribution in [2.45, 2.75) is 13.3 Å². The van der Waals surface area contributed by atoms with Gasteiger partial charge in [0.2, 0.25) is 0 Å².